The predicted octanol–water partition coefficient (Wildman–Crippen LogP) is -0.578. The third-order valence-corrected chi connectivity index (χ3v) is 6.19. The Morgan fingerprint density at radius 1 is 1.38 bits per heavy atom. The molecule has 0 atom stereocenters. The minimum atomic E-state index is -3.75. The number of hydrogen-bond acceptors (Lipinski definition) is 8. The van der Waals surface area contributed by atoms with Crippen LogP contribution in [0.2, 0.25) is 0 Å². The first-order valence-corrected chi connectivity index (χ1v) is 9.09. The summed E-state index contributed by atoms with van der Waals surface area (Å²) >= 11 is 3.22. The highest BCUT2D eigenvalue weighted by molar-refractivity contribution is 9.10. The summed E-state index contributed by atoms with van der Waals surface area (Å²) in [5.74, 6) is -0.789. The second-order valence-corrected chi connectivity index (χ2v) is 7.55. The number of halogens is 1. The number of nitrogens with one attached hydrogen (secondary N) is 1. The van der Waals surface area contributed by atoms with E-state index < -0.39 is 15.9 Å². The van der Waals surface area contributed by atoms with Crippen LogP contribution in [0.5, 0.6) is 0 Å². The van der Waals surface area contributed by atoms with E-state index in [1.807, 2.05) is 0 Å². The Morgan fingerprint density at radius 3 is 2.79 bits per heavy atom. The summed E-state index contributed by atoms with van der Waals surface area (Å²) in [5, 5.41) is 24.7. The number of tetrazole rings is 1. The van der Waals surface area contributed by atoms with Crippen LogP contribution >= 0.6 is 15.9 Å². The molecule has 0 bridgehead atoms. The van der Waals surface area contributed by atoms with Crippen LogP contribution < -0.4 is 5.11 Å². The highest BCUT2D eigenvalue weighted by Gasteiger charge is 2.28. The number of benzene rings is 1. The fourth-order valence-electron chi connectivity index (χ4n) is 2.12. The number of morpholine rings is 1. The molecule has 0 amide bonds. The molecular formula is C12H12BrN6O4S-. The Balaban J connectivity index is 1.97. The molecule has 128 valence electrons. The van der Waals surface area contributed by atoms with Crippen LogP contribution in [-0.4, -0.2) is 65.5 Å². The molecule has 1 aliphatic heterocycles. The normalized spacial score (nSPS) is 17.1. The molecule has 0 aliphatic carbocycles. The van der Waals surface area contributed by atoms with Crippen molar-refractivity contribution in [1.29, 1.82) is 0 Å². The van der Waals surface area contributed by atoms with Crippen molar-refractivity contribution in [2.75, 3.05) is 26.3 Å². The first-order chi connectivity index (χ1) is 11.5. The van der Waals surface area contributed by atoms with Crippen LogP contribution in [0.15, 0.2) is 32.6 Å². The van der Waals surface area contributed by atoms with E-state index in [-0.39, 0.29) is 29.5 Å². The smallest absolute Gasteiger partial charge is 0.288 e. The second-order valence-electron chi connectivity index (χ2n) is 4.79. The van der Waals surface area contributed by atoms with Gasteiger partial charge in [0.2, 0.25) is 10.0 Å². The quantitative estimate of drug-likeness (QED) is 0.520. The molecular weight excluding hydrogens is 404 g/mol. The Kier molecular flexibility index (Phi) is 4.89. The maximum absolute atomic E-state index is 12.8. The van der Waals surface area contributed by atoms with Gasteiger partial charge in [-0.25, -0.2) is 13.4 Å². The van der Waals surface area contributed by atoms with Gasteiger partial charge in [-0.2, -0.15) is 9.52 Å². The molecule has 12 heteroatoms. The molecule has 0 spiro atoms. The predicted molar refractivity (Wildman–Crippen MR) is 84.1 cm³/mol. The van der Waals surface area contributed by atoms with E-state index in [0.717, 1.165) is 0 Å². The van der Waals surface area contributed by atoms with E-state index in [1.54, 1.807) is 0 Å². The first-order valence-electron chi connectivity index (χ1n) is 6.85. The third-order valence-electron chi connectivity index (χ3n) is 3.30. The molecule has 1 fully saturated rings. The van der Waals surface area contributed by atoms with Crippen LogP contribution in [0, 0.1) is 0 Å². The van der Waals surface area contributed by atoms with Gasteiger partial charge in [0.15, 0.2) is 0 Å². The van der Waals surface area contributed by atoms with Crippen molar-refractivity contribution in [3.63, 3.8) is 0 Å². The van der Waals surface area contributed by atoms with Gasteiger partial charge in [-0.3, -0.25) is 0 Å². The molecule has 10 nitrogen and oxygen atoms in total. The minimum absolute atomic E-state index is 0.00133. The molecule has 1 saturated heterocycles. The lowest BCUT2D eigenvalue weighted by atomic mass is 10.2. The number of rotatable bonds is 4. The average molecular weight is 416 g/mol. The number of sulfonamides is 1. The van der Waals surface area contributed by atoms with E-state index in [9.17, 15) is 13.5 Å². The van der Waals surface area contributed by atoms with Gasteiger partial charge in [-0.05, 0) is 44.7 Å². The van der Waals surface area contributed by atoms with Crippen molar-refractivity contribution in [1.82, 2.24) is 24.9 Å². The van der Waals surface area contributed by atoms with Crippen LogP contribution in [0.25, 0.3) is 0 Å². The van der Waals surface area contributed by atoms with E-state index in [4.69, 9.17) is 4.74 Å². The van der Waals surface area contributed by atoms with Gasteiger partial charge in [-0.15, -0.1) is 5.10 Å². The molecule has 1 aliphatic rings. The molecule has 1 aromatic carbocycles. The zero-order valence-electron chi connectivity index (χ0n) is 12.2. The van der Waals surface area contributed by atoms with Crippen LogP contribution in [0.1, 0.15) is 5.56 Å². The summed E-state index contributed by atoms with van der Waals surface area (Å²) in [4.78, 5) is 3.65. The number of aliphatic imine (C=N–C) groups is 1. The average Bonchev–Trinajstić information content (AvgIpc) is 3.09. The Morgan fingerprint density at radius 2 is 2.12 bits per heavy atom. The van der Waals surface area contributed by atoms with Gasteiger partial charge in [-0.1, -0.05) is 11.2 Å². The summed E-state index contributed by atoms with van der Waals surface area (Å²) in [6, 6.07) is 4.24. The molecule has 0 radical (unpaired) electrons. The summed E-state index contributed by atoms with van der Waals surface area (Å²) < 4.78 is 32.4. The zero-order chi connectivity index (χ0) is 17.2. The maximum atomic E-state index is 12.8. The highest BCUT2D eigenvalue weighted by atomic mass is 79.9. The van der Waals surface area contributed by atoms with E-state index in [1.165, 1.54) is 22.5 Å². The van der Waals surface area contributed by atoms with Crippen molar-refractivity contribution in [2.24, 2.45) is 4.99 Å². The third kappa shape index (κ3) is 3.45. The molecule has 2 heterocycles. The molecule has 3 rings (SSSR count). The van der Waals surface area contributed by atoms with E-state index in [0.29, 0.717) is 17.7 Å². The first kappa shape index (κ1) is 17.0. The molecule has 1 N–H and O–H groups in total. The van der Waals surface area contributed by atoms with Gasteiger partial charge < -0.3 is 9.84 Å². The lowest BCUT2D eigenvalue weighted by molar-refractivity contribution is -0.212. The van der Waals surface area contributed by atoms with Crippen molar-refractivity contribution in [3.05, 3.63) is 28.2 Å². The lowest BCUT2D eigenvalue weighted by Crippen LogP contribution is -2.40. The van der Waals surface area contributed by atoms with Gasteiger partial charge >= 0.3 is 0 Å². The number of aromatic nitrogens is 4. The molecule has 0 saturated carbocycles. The standard InChI is InChI=1S/C12H13BrN6O4S/c13-9-2-1-8(11(20)14-12-15-17-18-16-12)7-10(9)24(21,22)19-3-5-23-6-4-19/h1-2,7H,3-6H2,(H2,14,15,16,17,18,20)/p-1. The number of H-pyrrole nitrogens is 1. The lowest BCUT2D eigenvalue weighted by Gasteiger charge is -2.26. The van der Waals surface area contributed by atoms with Gasteiger partial charge in [0, 0.05) is 17.6 Å². The largest absolute Gasteiger partial charge is 0.858 e. The Labute approximate surface area is 145 Å². The number of hydrogen-bond donors (Lipinski definition) is 1. The number of aromatic amines is 1. The zero-order valence-corrected chi connectivity index (χ0v) is 14.6. The molecule has 2 aromatic rings. The highest BCUT2D eigenvalue weighted by Crippen LogP contribution is 2.27. The van der Waals surface area contributed by atoms with Crippen molar-refractivity contribution in [3.8, 4) is 0 Å². The summed E-state index contributed by atoms with van der Waals surface area (Å²) in [5.41, 5.74) is 0.106. The fourth-order valence-corrected chi connectivity index (χ4v) is 4.48. The second kappa shape index (κ2) is 6.93. The fraction of sp³-hybridized carbons (Fsp3) is 0.333. The molecule has 0 unspecified atom stereocenters. The molecule has 1 aromatic heterocycles. The number of nitrogens with zero attached hydrogens (tertiary/aromatic N) is 5. The minimum Gasteiger partial charge on any atom is -0.858 e. The van der Waals surface area contributed by atoms with Crippen molar-refractivity contribution in [2.45, 2.75) is 4.90 Å². The van der Waals surface area contributed by atoms with Crippen LogP contribution in [-0.2, 0) is 14.8 Å². The SMILES string of the molecule is O=S(=O)(c1cc(C([O-])=Nc2nn[nH]n2)ccc1Br)N1CCOCC1. The van der Waals surface area contributed by atoms with Crippen LogP contribution in [0.4, 0.5) is 5.95 Å². The summed E-state index contributed by atoms with van der Waals surface area (Å²) in [6.45, 7) is 1.20. The van der Waals surface area contributed by atoms with Crippen molar-refractivity contribution < 1.29 is 18.3 Å². The summed E-state index contributed by atoms with van der Waals surface area (Å²) in [7, 11) is -3.75. The van der Waals surface area contributed by atoms with E-state index in [2.05, 4.69) is 41.5 Å². The summed E-state index contributed by atoms with van der Waals surface area (Å²) in [6.07, 6.45) is 0. The van der Waals surface area contributed by atoms with Gasteiger partial charge in [0.1, 0.15) is 0 Å². The molecule has 24 heavy (non-hydrogen) atoms. The van der Waals surface area contributed by atoms with Gasteiger partial charge in [0.05, 0.1) is 18.1 Å². The van der Waals surface area contributed by atoms with Gasteiger partial charge in [0.25, 0.3) is 5.95 Å². The Bertz CT molecular complexity index is 848. The van der Waals surface area contributed by atoms with Crippen LogP contribution in [0.3, 0.4) is 0 Å². The topological polar surface area (TPSA) is 136 Å². The number of ether oxygens (including phenoxy) is 1. The van der Waals surface area contributed by atoms with Crippen molar-refractivity contribution >= 4 is 37.8 Å². The maximum Gasteiger partial charge on any atom is 0.288 e. The van der Waals surface area contributed by atoms with E-state index >= 15 is 0 Å². The monoisotopic (exact) mass is 415 g/mol. The Hall–Kier alpha value is -1.89.